The number of phenols is 2. The quantitative estimate of drug-likeness (QED) is 0.239. The molecule has 0 spiro atoms. The minimum atomic E-state index is -0.833. The molecule has 3 rings (SSSR count). The topological polar surface area (TPSA) is 83.8 Å². The minimum Gasteiger partial charge on any atom is -0.507 e. The summed E-state index contributed by atoms with van der Waals surface area (Å²) in [5, 5.41) is 20.8. The van der Waals surface area contributed by atoms with Crippen LogP contribution in [0.15, 0.2) is 30.3 Å². The van der Waals surface area contributed by atoms with Crippen LogP contribution in [0.5, 0.6) is 11.5 Å². The number of carbonyl (C=O) groups excluding carboxylic acids is 2. The lowest BCUT2D eigenvalue weighted by atomic mass is 9.81. The number of fused-ring (bicyclic) bond motifs is 2. The van der Waals surface area contributed by atoms with Crippen molar-refractivity contribution >= 4 is 11.8 Å². The van der Waals surface area contributed by atoms with Crippen molar-refractivity contribution in [2.45, 2.75) is 97.0 Å². The lowest BCUT2D eigenvalue weighted by Gasteiger charge is -2.28. The molecule has 2 N–H and O–H groups in total. The summed E-state index contributed by atoms with van der Waals surface area (Å²) < 4.78 is 5.84. The van der Waals surface area contributed by atoms with Crippen LogP contribution in [-0.2, 0) is 9.53 Å². The normalized spacial score (nSPS) is 14.5. The highest BCUT2D eigenvalue weighted by Crippen LogP contribution is 2.44. The maximum Gasteiger partial charge on any atom is 0.306 e. The van der Waals surface area contributed by atoms with Gasteiger partial charge in [0.1, 0.15) is 11.5 Å². The van der Waals surface area contributed by atoms with Gasteiger partial charge in [0.2, 0.25) is 5.78 Å². The van der Waals surface area contributed by atoms with Gasteiger partial charge in [-0.05, 0) is 31.0 Å². The van der Waals surface area contributed by atoms with E-state index in [9.17, 15) is 19.8 Å². The van der Waals surface area contributed by atoms with Crippen molar-refractivity contribution in [2.24, 2.45) is 0 Å². The number of esters is 1. The fraction of sp³-hybridized carbons (Fsp3) is 0.517. The van der Waals surface area contributed by atoms with Crippen LogP contribution in [0, 0.1) is 6.92 Å². The molecule has 0 unspecified atom stereocenters. The van der Waals surface area contributed by atoms with Crippen LogP contribution in [0.3, 0.4) is 0 Å². The number of aromatic hydroxyl groups is 2. The lowest BCUT2D eigenvalue weighted by Crippen LogP contribution is -2.24. The third-order valence-electron chi connectivity index (χ3n) is 6.62. The predicted molar refractivity (Wildman–Crippen MR) is 133 cm³/mol. The molecule has 0 fully saturated rings. The van der Waals surface area contributed by atoms with Gasteiger partial charge >= 0.3 is 5.97 Å². The Balaban J connectivity index is 1.54. The van der Waals surface area contributed by atoms with E-state index in [1.54, 1.807) is 18.2 Å². The summed E-state index contributed by atoms with van der Waals surface area (Å²) in [6.07, 6.45) is 12.7. The standard InChI is InChI=1S/C29H38O5/c1-3-4-5-6-7-8-9-10-11-12-13-17-25(32)34-29-21-15-14-16-23(30)26(21)28(33)27-22(29)18-20(2)19-24(27)31/h14-16,18-19,29-31H,3-13,17H2,1-2H3/t29-/m0/s1. The molecule has 0 saturated carbocycles. The van der Waals surface area contributed by atoms with Crippen molar-refractivity contribution in [3.63, 3.8) is 0 Å². The van der Waals surface area contributed by atoms with E-state index in [4.69, 9.17) is 4.74 Å². The molecule has 184 valence electrons. The number of benzene rings is 2. The van der Waals surface area contributed by atoms with Crippen LogP contribution >= 0.6 is 0 Å². The van der Waals surface area contributed by atoms with Crippen LogP contribution in [0.25, 0.3) is 0 Å². The third kappa shape index (κ3) is 6.40. The second-order valence-electron chi connectivity index (χ2n) is 9.47. The molecule has 1 aliphatic carbocycles. The van der Waals surface area contributed by atoms with Gasteiger partial charge in [0, 0.05) is 17.5 Å². The van der Waals surface area contributed by atoms with Gasteiger partial charge in [-0.2, -0.15) is 0 Å². The van der Waals surface area contributed by atoms with E-state index in [2.05, 4.69) is 6.92 Å². The Labute approximate surface area is 203 Å². The Morgan fingerprint density at radius 1 is 0.824 bits per heavy atom. The van der Waals surface area contributed by atoms with Gasteiger partial charge in [-0.25, -0.2) is 0 Å². The number of hydrogen-bond acceptors (Lipinski definition) is 5. The number of phenolic OH excluding ortho intramolecular Hbond substituents is 2. The molecule has 2 aromatic rings. The Bertz CT molecular complexity index is 994. The first-order chi connectivity index (χ1) is 16.4. The average Bonchev–Trinajstić information content (AvgIpc) is 2.79. The highest BCUT2D eigenvalue weighted by molar-refractivity contribution is 6.15. The summed E-state index contributed by atoms with van der Waals surface area (Å²) in [5.74, 6) is -1.14. The molecule has 0 saturated heterocycles. The highest BCUT2D eigenvalue weighted by atomic mass is 16.5. The Morgan fingerprint density at radius 3 is 2.06 bits per heavy atom. The largest absolute Gasteiger partial charge is 0.507 e. The SMILES string of the molecule is CCCCCCCCCCCCCC(=O)O[C@H]1c2cccc(O)c2C(=O)c2c(O)cc(C)cc21. The van der Waals surface area contributed by atoms with Crippen molar-refractivity contribution in [3.8, 4) is 11.5 Å². The second kappa shape index (κ2) is 12.6. The van der Waals surface area contributed by atoms with Gasteiger partial charge in [-0.3, -0.25) is 9.59 Å². The number of ketones is 1. The first-order valence-electron chi connectivity index (χ1n) is 12.8. The minimum absolute atomic E-state index is 0.0849. The average molecular weight is 467 g/mol. The fourth-order valence-electron chi connectivity index (χ4n) is 4.82. The third-order valence-corrected chi connectivity index (χ3v) is 6.62. The van der Waals surface area contributed by atoms with E-state index in [0.717, 1.165) is 24.8 Å². The molecule has 0 aliphatic heterocycles. The molecule has 2 aromatic carbocycles. The maximum atomic E-state index is 13.0. The summed E-state index contributed by atoms with van der Waals surface area (Å²) in [7, 11) is 0. The zero-order chi connectivity index (χ0) is 24.5. The molecule has 1 atom stereocenters. The Hall–Kier alpha value is -2.82. The van der Waals surface area contributed by atoms with Gasteiger partial charge < -0.3 is 14.9 Å². The molecule has 5 nitrogen and oxygen atoms in total. The predicted octanol–water partition coefficient (Wildman–Crippen LogP) is 7.28. The van der Waals surface area contributed by atoms with E-state index in [1.807, 2.05) is 6.92 Å². The molecule has 0 aromatic heterocycles. The van der Waals surface area contributed by atoms with Crippen LogP contribution in [0.2, 0.25) is 0 Å². The maximum absolute atomic E-state index is 13.0. The van der Waals surface area contributed by atoms with Crippen molar-refractivity contribution in [3.05, 3.63) is 58.1 Å². The monoisotopic (exact) mass is 466 g/mol. The van der Waals surface area contributed by atoms with Crippen LogP contribution in [0.1, 0.15) is 123 Å². The zero-order valence-electron chi connectivity index (χ0n) is 20.6. The first kappa shape index (κ1) is 25.8. The van der Waals surface area contributed by atoms with Crippen LogP contribution < -0.4 is 0 Å². The molecule has 5 heteroatoms. The number of hydrogen-bond donors (Lipinski definition) is 2. The Morgan fingerprint density at radius 2 is 1.41 bits per heavy atom. The fourth-order valence-corrected chi connectivity index (χ4v) is 4.82. The number of aryl methyl sites for hydroxylation is 1. The molecule has 34 heavy (non-hydrogen) atoms. The van der Waals surface area contributed by atoms with Crippen molar-refractivity contribution in [2.75, 3.05) is 0 Å². The number of carbonyl (C=O) groups is 2. The summed E-state index contributed by atoms with van der Waals surface area (Å²) in [5.41, 5.74) is 1.86. The van der Waals surface area contributed by atoms with Crippen LogP contribution in [-0.4, -0.2) is 22.0 Å². The summed E-state index contributed by atoms with van der Waals surface area (Å²) in [4.78, 5) is 25.7. The van der Waals surface area contributed by atoms with E-state index in [0.29, 0.717) is 17.5 Å². The molecule has 0 radical (unpaired) electrons. The Kier molecular flexibility index (Phi) is 9.55. The first-order valence-corrected chi connectivity index (χ1v) is 12.8. The second-order valence-corrected chi connectivity index (χ2v) is 9.47. The van der Waals surface area contributed by atoms with Crippen LogP contribution in [0.4, 0.5) is 0 Å². The molecular formula is C29H38O5. The van der Waals surface area contributed by atoms with E-state index in [-0.39, 0.29) is 28.6 Å². The molecule has 1 aliphatic rings. The summed E-state index contributed by atoms with van der Waals surface area (Å²) >= 11 is 0. The zero-order valence-corrected chi connectivity index (χ0v) is 20.6. The lowest BCUT2D eigenvalue weighted by molar-refractivity contribution is -0.147. The van der Waals surface area contributed by atoms with Crippen molar-refractivity contribution in [1.29, 1.82) is 0 Å². The van der Waals surface area contributed by atoms with Gasteiger partial charge in [-0.15, -0.1) is 0 Å². The number of unbranched alkanes of at least 4 members (excludes halogenated alkanes) is 10. The van der Waals surface area contributed by atoms with E-state index in [1.165, 1.54) is 63.5 Å². The van der Waals surface area contributed by atoms with Crippen molar-refractivity contribution < 1.29 is 24.5 Å². The smallest absolute Gasteiger partial charge is 0.306 e. The molecule has 0 amide bonds. The number of ether oxygens (including phenoxy) is 1. The van der Waals surface area contributed by atoms with Crippen molar-refractivity contribution in [1.82, 2.24) is 0 Å². The van der Waals surface area contributed by atoms with E-state index >= 15 is 0 Å². The number of rotatable bonds is 13. The molecule has 0 bridgehead atoms. The summed E-state index contributed by atoms with van der Waals surface area (Å²) in [6.45, 7) is 4.05. The highest BCUT2D eigenvalue weighted by Gasteiger charge is 2.37. The van der Waals surface area contributed by atoms with Gasteiger partial charge in [0.15, 0.2) is 6.10 Å². The molecular weight excluding hydrogens is 428 g/mol. The summed E-state index contributed by atoms with van der Waals surface area (Å²) in [6, 6.07) is 8.02. The van der Waals surface area contributed by atoms with Gasteiger partial charge in [0.25, 0.3) is 0 Å². The van der Waals surface area contributed by atoms with Gasteiger partial charge in [-0.1, -0.05) is 89.3 Å². The van der Waals surface area contributed by atoms with Gasteiger partial charge in [0.05, 0.1) is 11.1 Å². The molecule has 0 heterocycles. The van der Waals surface area contributed by atoms with E-state index < -0.39 is 11.9 Å².